The number of aromatic nitrogens is 4. The van der Waals surface area contributed by atoms with E-state index in [4.69, 9.17) is 0 Å². The maximum absolute atomic E-state index is 4.29. The molecule has 2 aromatic heterocycles. The Bertz CT molecular complexity index is 494. The van der Waals surface area contributed by atoms with Crippen LogP contribution in [0.4, 0.5) is 0 Å². The van der Waals surface area contributed by atoms with Crippen molar-refractivity contribution in [3.63, 3.8) is 0 Å². The van der Waals surface area contributed by atoms with Crippen LogP contribution in [0.1, 0.15) is 24.4 Å². The minimum absolute atomic E-state index is 0.764. The van der Waals surface area contributed by atoms with Crippen LogP contribution in [-0.4, -0.2) is 37.7 Å². The second kappa shape index (κ2) is 5.57. The van der Waals surface area contributed by atoms with Gasteiger partial charge in [-0.2, -0.15) is 5.10 Å². The van der Waals surface area contributed by atoms with Gasteiger partial charge in [0.2, 0.25) is 0 Å². The smallest absolute Gasteiger partial charge is 0.103 e. The Kier molecular flexibility index (Phi) is 3.64. The molecule has 1 saturated heterocycles. The van der Waals surface area contributed by atoms with Crippen LogP contribution in [0.2, 0.25) is 0 Å². The van der Waals surface area contributed by atoms with Crippen LogP contribution in [-0.2, 0) is 13.1 Å². The van der Waals surface area contributed by atoms with Gasteiger partial charge in [-0.1, -0.05) is 0 Å². The average Bonchev–Trinajstić information content (AvgIpc) is 3.04. The van der Waals surface area contributed by atoms with Gasteiger partial charge in [0, 0.05) is 37.4 Å². The van der Waals surface area contributed by atoms with Gasteiger partial charge >= 0.3 is 0 Å². The third kappa shape index (κ3) is 3.23. The third-order valence-corrected chi connectivity index (χ3v) is 3.86. The lowest BCUT2D eigenvalue weighted by Crippen LogP contribution is -2.34. The Labute approximate surface area is 113 Å². The lowest BCUT2D eigenvalue weighted by atomic mass is 9.97. The van der Waals surface area contributed by atoms with Crippen molar-refractivity contribution in [1.82, 2.24) is 24.6 Å². The van der Waals surface area contributed by atoms with E-state index < -0.39 is 0 Å². The van der Waals surface area contributed by atoms with Crippen molar-refractivity contribution in [1.29, 1.82) is 0 Å². The van der Waals surface area contributed by atoms with Crippen molar-refractivity contribution in [2.45, 2.75) is 32.9 Å². The highest BCUT2D eigenvalue weighted by molar-refractivity contribution is 4.99. The number of rotatable bonds is 4. The zero-order valence-electron chi connectivity index (χ0n) is 11.4. The summed E-state index contributed by atoms with van der Waals surface area (Å²) in [6.45, 7) is 6.40. The summed E-state index contributed by atoms with van der Waals surface area (Å²) in [7, 11) is 0. The van der Waals surface area contributed by atoms with E-state index in [0.29, 0.717) is 0 Å². The molecule has 0 bridgehead atoms. The number of likely N-dealkylation sites (tertiary alicyclic amines) is 1. The number of hydrogen-bond acceptors (Lipinski definition) is 3. The second-order valence-electron chi connectivity index (χ2n) is 5.44. The molecular weight excluding hydrogens is 238 g/mol. The molecule has 0 spiro atoms. The number of nitrogens with zero attached hydrogens (tertiary/aromatic N) is 4. The summed E-state index contributed by atoms with van der Waals surface area (Å²) in [5, 5.41) is 4.29. The second-order valence-corrected chi connectivity index (χ2v) is 5.44. The van der Waals surface area contributed by atoms with Crippen molar-refractivity contribution in [2.24, 2.45) is 5.92 Å². The molecule has 3 rings (SSSR count). The molecule has 5 heteroatoms. The van der Waals surface area contributed by atoms with Crippen LogP contribution in [0.25, 0.3) is 0 Å². The molecule has 0 atom stereocenters. The summed E-state index contributed by atoms with van der Waals surface area (Å²) < 4.78 is 2.05. The first-order valence-electron chi connectivity index (χ1n) is 7.00. The first kappa shape index (κ1) is 12.4. The Morgan fingerprint density at radius 3 is 2.84 bits per heavy atom. The minimum atomic E-state index is 0.764. The molecule has 1 aliphatic rings. The van der Waals surface area contributed by atoms with E-state index in [1.54, 1.807) is 0 Å². The quantitative estimate of drug-likeness (QED) is 0.911. The van der Waals surface area contributed by atoms with Crippen LogP contribution >= 0.6 is 0 Å². The number of hydrogen-bond donors (Lipinski definition) is 1. The molecule has 1 aliphatic heterocycles. The van der Waals surface area contributed by atoms with E-state index in [0.717, 1.165) is 24.8 Å². The summed E-state index contributed by atoms with van der Waals surface area (Å²) in [4.78, 5) is 10.1. The lowest BCUT2D eigenvalue weighted by molar-refractivity contribution is 0.163. The van der Waals surface area contributed by atoms with E-state index in [-0.39, 0.29) is 0 Å². The van der Waals surface area contributed by atoms with Crippen LogP contribution in [0.3, 0.4) is 0 Å². The van der Waals surface area contributed by atoms with Crippen LogP contribution in [0.5, 0.6) is 0 Å². The van der Waals surface area contributed by atoms with Gasteiger partial charge in [-0.3, -0.25) is 9.58 Å². The molecule has 19 heavy (non-hydrogen) atoms. The molecule has 0 unspecified atom stereocenters. The fourth-order valence-electron chi connectivity index (χ4n) is 2.79. The van der Waals surface area contributed by atoms with E-state index >= 15 is 0 Å². The average molecular weight is 259 g/mol. The fourth-order valence-corrected chi connectivity index (χ4v) is 2.79. The van der Waals surface area contributed by atoms with Crippen LogP contribution in [0, 0.1) is 12.8 Å². The first-order chi connectivity index (χ1) is 9.29. The van der Waals surface area contributed by atoms with Crippen molar-refractivity contribution in [3.8, 4) is 0 Å². The molecule has 5 nitrogen and oxygen atoms in total. The van der Waals surface area contributed by atoms with Crippen molar-refractivity contribution >= 4 is 0 Å². The van der Waals surface area contributed by atoms with Crippen molar-refractivity contribution < 1.29 is 0 Å². The topological polar surface area (TPSA) is 49.7 Å². The van der Waals surface area contributed by atoms with Gasteiger partial charge in [-0.15, -0.1) is 0 Å². The Hall–Kier alpha value is -1.62. The van der Waals surface area contributed by atoms with Gasteiger partial charge in [0.05, 0.1) is 0 Å². The minimum Gasteiger partial charge on any atom is -0.345 e. The van der Waals surface area contributed by atoms with Gasteiger partial charge in [-0.05, 0) is 44.8 Å². The number of nitrogens with one attached hydrogen (secondary N) is 1. The Morgan fingerprint density at radius 1 is 1.37 bits per heavy atom. The third-order valence-electron chi connectivity index (χ3n) is 3.86. The highest BCUT2D eigenvalue weighted by Gasteiger charge is 2.20. The van der Waals surface area contributed by atoms with Crippen LogP contribution < -0.4 is 0 Å². The standard InChI is InChI=1S/C14H21N5/c1-12-15-9-14(17-12)11-18-7-3-13(4-8-18)10-19-6-2-5-16-19/h2,5-6,9,13H,3-4,7-8,10-11H2,1H3,(H,15,17). The number of piperidine rings is 1. The molecule has 0 amide bonds. The van der Waals surface area contributed by atoms with E-state index in [2.05, 4.69) is 30.8 Å². The van der Waals surface area contributed by atoms with E-state index in [1.807, 2.05) is 25.4 Å². The summed E-state index contributed by atoms with van der Waals surface area (Å²) >= 11 is 0. The van der Waals surface area contributed by atoms with Gasteiger partial charge in [0.25, 0.3) is 0 Å². The predicted octanol–water partition coefficient (Wildman–Crippen LogP) is 1.83. The largest absolute Gasteiger partial charge is 0.345 e. The monoisotopic (exact) mass is 259 g/mol. The Balaban J connectivity index is 1.46. The molecular formula is C14H21N5. The molecule has 1 fully saturated rings. The summed E-state index contributed by atoms with van der Waals surface area (Å²) in [5.41, 5.74) is 1.23. The predicted molar refractivity (Wildman–Crippen MR) is 73.6 cm³/mol. The summed E-state index contributed by atoms with van der Waals surface area (Å²) in [6, 6.07) is 2.00. The molecule has 102 valence electrons. The van der Waals surface area contributed by atoms with E-state index in [1.165, 1.54) is 31.6 Å². The van der Waals surface area contributed by atoms with Gasteiger partial charge in [0.1, 0.15) is 5.82 Å². The lowest BCUT2D eigenvalue weighted by Gasteiger charge is -2.31. The molecule has 0 saturated carbocycles. The van der Waals surface area contributed by atoms with Gasteiger partial charge in [0.15, 0.2) is 0 Å². The number of imidazole rings is 1. The molecule has 3 heterocycles. The van der Waals surface area contributed by atoms with E-state index in [9.17, 15) is 0 Å². The van der Waals surface area contributed by atoms with Crippen molar-refractivity contribution in [3.05, 3.63) is 36.2 Å². The summed E-state index contributed by atoms with van der Waals surface area (Å²) in [5.74, 6) is 1.77. The SMILES string of the molecule is Cc1ncc(CN2CCC(Cn3cccn3)CC2)[nH]1. The molecule has 1 N–H and O–H groups in total. The van der Waals surface area contributed by atoms with Crippen LogP contribution in [0.15, 0.2) is 24.7 Å². The summed E-state index contributed by atoms with van der Waals surface area (Å²) in [6.07, 6.45) is 8.38. The van der Waals surface area contributed by atoms with Gasteiger partial charge in [-0.25, -0.2) is 4.98 Å². The zero-order chi connectivity index (χ0) is 13.1. The fraction of sp³-hybridized carbons (Fsp3) is 0.571. The first-order valence-corrected chi connectivity index (χ1v) is 7.00. The highest BCUT2D eigenvalue weighted by Crippen LogP contribution is 2.20. The molecule has 0 aliphatic carbocycles. The Morgan fingerprint density at radius 2 is 2.21 bits per heavy atom. The molecule has 0 radical (unpaired) electrons. The zero-order valence-corrected chi connectivity index (χ0v) is 11.4. The maximum Gasteiger partial charge on any atom is 0.103 e. The number of H-pyrrole nitrogens is 1. The highest BCUT2D eigenvalue weighted by atomic mass is 15.3. The van der Waals surface area contributed by atoms with Crippen molar-refractivity contribution in [2.75, 3.05) is 13.1 Å². The molecule has 0 aromatic carbocycles. The number of aromatic amines is 1. The number of aryl methyl sites for hydroxylation is 1. The molecule has 2 aromatic rings. The normalized spacial score (nSPS) is 17.9. The van der Waals surface area contributed by atoms with Gasteiger partial charge < -0.3 is 4.98 Å². The maximum atomic E-state index is 4.29.